The maximum absolute atomic E-state index is 7.05. The molecule has 1 aliphatic heterocycles. The molecule has 1 fully saturated rings. The second-order valence-corrected chi connectivity index (χ2v) is 15.4. The van der Waals surface area contributed by atoms with E-state index in [-0.39, 0.29) is 0 Å². The Hall–Kier alpha value is 0.0638. The molecule has 1 saturated heterocycles. The Morgan fingerprint density at radius 2 is 1.64 bits per heavy atom. The van der Waals surface area contributed by atoms with Crippen molar-refractivity contribution in [3.63, 3.8) is 0 Å². The van der Waals surface area contributed by atoms with Gasteiger partial charge in [0.25, 0.3) is 0 Å². The highest BCUT2D eigenvalue weighted by Gasteiger charge is 2.46. The zero-order valence-electron chi connectivity index (χ0n) is 10.1. The van der Waals surface area contributed by atoms with Gasteiger partial charge in [-0.1, -0.05) is 26.2 Å². The van der Waals surface area contributed by atoms with E-state index in [4.69, 9.17) is 5.41 Å². The summed E-state index contributed by atoms with van der Waals surface area (Å²) in [5, 5.41) is 7.05. The number of nitrogens with one attached hydrogen (secondary N) is 1. The fourth-order valence-corrected chi connectivity index (χ4v) is 16.8. The summed E-state index contributed by atoms with van der Waals surface area (Å²) in [5.41, 5.74) is 0. The molecular weight excluding hydrogens is 204 g/mol. The van der Waals surface area contributed by atoms with Gasteiger partial charge in [0.1, 0.15) is 16.5 Å². The molecule has 0 saturated carbocycles. The van der Waals surface area contributed by atoms with Crippen molar-refractivity contribution in [1.29, 1.82) is 5.41 Å². The maximum atomic E-state index is 7.05. The molecule has 2 nitrogen and oxygen atoms in total. The largest absolute Gasteiger partial charge is 0.345 e. The Kier molecular flexibility index (Phi) is 3.71. The molecule has 0 bridgehead atoms. The second-order valence-electron chi connectivity index (χ2n) is 5.62. The lowest BCUT2D eigenvalue weighted by atomic mass is 10.3. The van der Waals surface area contributed by atoms with Gasteiger partial charge in [0, 0.05) is 0 Å². The van der Waals surface area contributed by atoms with Crippen molar-refractivity contribution in [2.45, 2.75) is 51.1 Å². The van der Waals surface area contributed by atoms with Crippen LogP contribution in [-0.4, -0.2) is 33.5 Å². The van der Waals surface area contributed by atoms with Crippen molar-refractivity contribution in [3.05, 3.63) is 0 Å². The fraction of sp³-hybridized carbons (Fsp3) is 0.900. The van der Waals surface area contributed by atoms with Gasteiger partial charge in [-0.05, 0) is 37.7 Å². The lowest BCUT2D eigenvalue weighted by Gasteiger charge is -2.38. The Bertz CT molecular complexity index is 198. The third kappa shape index (κ3) is 2.55. The molecule has 0 aromatic heterocycles. The van der Waals surface area contributed by atoms with Crippen LogP contribution >= 0.6 is 0 Å². The highest BCUT2D eigenvalue weighted by Crippen LogP contribution is 2.36. The van der Waals surface area contributed by atoms with E-state index in [0.717, 1.165) is 6.42 Å². The average molecular weight is 228 g/mol. The normalized spacial score (nSPS) is 25.1. The van der Waals surface area contributed by atoms with E-state index < -0.39 is 16.5 Å². The number of nitrogens with zero attached hydrogens (tertiary/aromatic N) is 1. The third-order valence-corrected chi connectivity index (χ3v) is 14.0. The molecule has 0 radical (unpaired) electrons. The van der Waals surface area contributed by atoms with Gasteiger partial charge in [0.2, 0.25) is 0 Å². The van der Waals surface area contributed by atoms with Gasteiger partial charge in [0.05, 0.1) is 0 Å². The van der Waals surface area contributed by atoms with E-state index in [9.17, 15) is 0 Å². The van der Waals surface area contributed by atoms with Crippen LogP contribution in [0.5, 0.6) is 0 Å². The van der Waals surface area contributed by atoms with Crippen molar-refractivity contribution in [3.8, 4) is 0 Å². The van der Waals surface area contributed by atoms with Crippen LogP contribution < -0.4 is 0 Å². The van der Waals surface area contributed by atoms with E-state index in [0.29, 0.717) is 0 Å². The third-order valence-electron chi connectivity index (χ3n) is 3.54. The zero-order valence-corrected chi connectivity index (χ0v) is 12.1. The monoisotopic (exact) mass is 228 g/mol. The second kappa shape index (κ2) is 4.29. The molecule has 0 amide bonds. The first-order chi connectivity index (χ1) is 6.40. The van der Waals surface area contributed by atoms with Crippen LogP contribution in [0.2, 0.25) is 38.3 Å². The van der Waals surface area contributed by atoms with E-state index in [1.807, 2.05) is 0 Å². The highest BCUT2D eigenvalue weighted by molar-refractivity contribution is 6.95. The lowest BCUT2D eigenvalue weighted by molar-refractivity contribution is 0.601. The predicted octanol–water partition coefficient (Wildman–Crippen LogP) is 3.14. The Morgan fingerprint density at radius 3 is 2.07 bits per heavy atom. The molecule has 0 aromatic carbocycles. The van der Waals surface area contributed by atoms with Gasteiger partial charge >= 0.3 is 0 Å². The number of unbranched alkanes of at least 4 members (excludes halogenated alkanes) is 1. The molecule has 1 N–H and O–H groups in total. The summed E-state index contributed by atoms with van der Waals surface area (Å²) >= 11 is 0. The van der Waals surface area contributed by atoms with Crippen LogP contribution in [0.25, 0.3) is 0 Å². The first-order valence-electron chi connectivity index (χ1n) is 5.67. The van der Waals surface area contributed by atoms with Crippen LogP contribution in [0, 0.1) is 5.41 Å². The van der Waals surface area contributed by atoms with Gasteiger partial charge in [-0.25, -0.2) is 0 Å². The fourth-order valence-electron chi connectivity index (χ4n) is 2.66. The first kappa shape index (κ1) is 12.1. The van der Waals surface area contributed by atoms with Gasteiger partial charge in [-0.3, -0.25) is 0 Å². The summed E-state index contributed by atoms with van der Waals surface area (Å²) in [5.74, 6) is 0. The SMILES string of the molecule is C[Si]1(C)CC[Si](C)(C)N1CCCC=N. The molecule has 0 aromatic rings. The minimum Gasteiger partial charge on any atom is -0.345 e. The van der Waals surface area contributed by atoms with Crippen LogP contribution in [0.4, 0.5) is 0 Å². The number of hydrogen-bond acceptors (Lipinski definition) is 2. The summed E-state index contributed by atoms with van der Waals surface area (Å²) in [4.78, 5) is 0. The zero-order chi connectivity index (χ0) is 10.8. The van der Waals surface area contributed by atoms with Crippen molar-refractivity contribution < 1.29 is 0 Å². The molecule has 1 rings (SSSR count). The van der Waals surface area contributed by atoms with Crippen LogP contribution in [0.1, 0.15) is 12.8 Å². The van der Waals surface area contributed by atoms with E-state index in [1.54, 1.807) is 6.21 Å². The number of hydrogen-bond donors (Lipinski definition) is 1. The topological polar surface area (TPSA) is 27.1 Å². The summed E-state index contributed by atoms with van der Waals surface area (Å²) in [7, 11) is -2.07. The quantitative estimate of drug-likeness (QED) is 0.447. The molecular formula is C10H24N2Si2. The van der Waals surface area contributed by atoms with E-state index in [1.165, 1.54) is 25.1 Å². The average Bonchev–Trinajstić information content (AvgIpc) is 2.27. The summed E-state index contributed by atoms with van der Waals surface area (Å²) in [6, 6.07) is 2.99. The minimum atomic E-state index is -1.04. The molecule has 0 spiro atoms. The van der Waals surface area contributed by atoms with Gasteiger partial charge in [0.15, 0.2) is 0 Å². The van der Waals surface area contributed by atoms with E-state index >= 15 is 0 Å². The van der Waals surface area contributed by atoms with Crippen LogP contribution in [-0.2, 0) is 0 Å². The van der Waals surface area contributed by atoms with Crippen LogP contribution in [0.15, 0.2) is 0 Å². The minimum absolute atomic E-state index is 0.964. The summed E-state index contributed by atoms with van der Waals surface area (Å²) in [6.45, 7) is 11.3. The van der Waals surface area contributed by atoms with Crippen molar-refractivity contribution in [2.24, 2.45) is 0 Å². The molecule has 4 heteroatoms. The van der Waals surface area contributed by atoms with Crippen molar-refractivity contribution in [1.82, 2.24) is 4.23 Å². The summed E-state index contributed by atoms with van der Waals surface area (Å²) < 4.78 is 2.89. The smallest absolute Gasteiger partial charge is 0.115 e. The molecule has 82 valence electrons. The van der Waals surface area contributed by atoms with Gasteiger partial charge < -0.3 is 9.64 Å². The van der Waals surface area contributed by atoms with Crippen molar-refractivity contribution >= 4 is 22.7 Å². The Labute approximate surface area is 90.4 Å². The molecule has 1 aliphatic rings. The van der Waals surface area contributed by atoms with Gasteiger partial charge in [-0.15, -0.1) is 0 Å². The van der Waals surface area contributed by atoms with Gasteiger partial charge in [-0.2, -0.15) is 0 Å². The molecule has 0 aliphatic carbocycles. The predicted molar refractivity (Wildman–Crippen MR) is 69.3 cm³/mol. The molecule has 14 heavy (non-hydrogen) atoms. The number of rotatable bonds is 4. The Balaban J connectivity index is 2.57. The van der Waals surface area contributed by atoms with E-state index in [2.05, 4.69) is 30.4 Å². The molecule has 0 atom stereocenters. The standard InChI is InChI=1S/C10H24N2Si2/c1-13(2)9-10-14(3,4)12(13)8-6-5-7-11/h7,11H,5-6,8-10H2,1-4H3. The maximum Gasteiger partial charge on any atom is 0.115 e. The van der Waals surface area contributed by atoms with Crippen molar-refractivity contribution in [2.75, 3.05) is 6.54 Å². The highest BCUT2D eigenvalue weighted by atomic mass is 28.4. The summed E-state index contributed by atoms with van der Waals surface area (Å²) in [6.07, 6.45) is 3.71. The Morgan fingerprint density at radius 1 is 1.14 bits per heavy atom. The molecule has 1 heterocycles. The first-order valence-corrected chi connectivity index (χ1v) is 12.0. The molecule has 0 unspecified atom stereocenters. The lowest BCUT2D eigenvalue weighted by Crippen LogP contribution is -2.55. The van der Waals surface area contributed by atoms with Crippen LogP contribution in [0.3, 0.4) is 0 Å².